The Labute approximate surface area is 83.5 Å². The molecule has 0 spiro atoms. The van der Waals surface area contributed by atoms with Crippen molar-refractivity contribution >= 4 is 0 Å². The molecule has 0 aliphatic rings. The largest absolute Gasteiger partial charge is 0.390 e. The molecule has 80 valence electrons. The normalized spacial score (nSPS) is 14.5. The molecule has 0 saturated carbocycles. The van der Waals surface area contributed by atoms with Crippen LogP contribution in [0.25, 0.3) is 0 Å². The number of hydrogen-bond donors (Lipinski definition) is 1. The molecule has 1 N–H and O–H groups in total. The van der Waals surface area contributed by atoms with E-state index in [1.54, 1.807) is 0 Å². The minimum atomic E-state index is -0.485. The first-order valence-corrected chi connectivity index (χ1v) is 5.74. The van der Waals surface area contributed by atoms with Crippen LogP contribution in [0.15, 0.2) is 0 Å². The maximum atomic E-state index is 9.83. The molecule has 0 heterocycles. The van der Waals surface area contributed by atoms with E-state index in [-0.39, 0.29) is 0 Å². The van der Waals surface area contributed by atoms with Crippen molar-refractivity contribution in [1.82, 2.24) is 0 Å². The second-order valence-electron chi connectivity index (χ2n) is 4.61. The Hall–Kier alpha value is -0.0400. The van der Waals surface area contributed by atoms with Gasteiger partial charge >= 0.3 is 0 Å². The molecule has 0 fully saturated rings. The van der Waals surface area contributed by atoms with Crippen molar-refractivity contribution in [3.8, 4) is 0 Å². The van der Waals surface area contributed by atoms with Crippen molar-refractivity contribution in [2.24, 2.45) is 5.92 Å². The zero-order valence-electron chi connectivity index (χ0n) is 9.77. The first-order valence-electron chi connectivity index (χ1n) is 5.74. The molecule has 0 aliphatic carbocycles. The van der Waals surface area contributed by atoms with E-state index < -0.39 is 5.60 Å². The third-order valence-corrected chi connectivity index (χ3v) is 2.90. The van der Waals surface area contributed by atoms with E-state index in [1.165, 1.54) is 32.1 Å². The van der Waals surface area contributed by atoms with Crippen LogP contribution >= 0.6 is 0 Å². The Morgan fingerprint density at radius 1 is 1.08 bits per heavy atom. The molecule has 1 unspecified atom stereocenters. The van der Waals surface area contributed by atoms with Gasteiger partial charge in [-0.3, -0.25) is 0 Å². The summed E-state index contributed by atoms with van der Waals surface area (Å²) in [7, 11) is 0. The fourth-order valence-electron chi connectivity index (χ4n) is 1.87. The summed E-state index contributed by atoms with van der Waals surface area (Å²) in [5.74, 6) is 0.476. The first-order chi connectivity index (χ1) is 6.02. The average molecular weight is 186 g/mol. The molecule has 1 heteroatoms. The molecule has 0 aliphatic heterocycles. The maximum Gasteiger partial charge on any atom is 0.0619 e. The third kappa shape index (κ3) is 6.09. The predicted octanol–water partition coefficient (Wildman–Crippen LogP) is 3.75. The van der Waals surface area contributed by atoms with Gasteiger partial charge in [-0.15, -0.1) is 0 Å². The van der Waals surface area contributed by atoms with Crippen LogP contribution in [0.2, 0.25) is 0 Å². The van der Waals surface area contributed by atoms with Crippen molar-refractivity contribution in [3.05, 3.63) is 0 Å². The molecular weight excluding hydrogens is 160 g/mol. The summed E-state index contributed by atoms with van der Waals surface area (Å²) in [6.45, 7) is 8.26. The summed E-state index contributed by atoms with van der Waals surface area (Å²) >= 11 is 0. The third-order valence-electron chi connectivity index (χ3n) is 2.90. The lowest BCUT2D eigenvalue weighted by molar-refractivity contribution is 0.0104. The summed E-state index contributed by atoms with van der Waals surface area (Å²) in [5.41, 5.74) is -0.485. The van der Waals surface area contributed by atoms with E-state index in [9.17, 15) is 5.11 Å². The van der Waals surface area contributed by atoms with Crippen LogP contribution in [-0.4, -0.2) is 10.7 Å². The summed E-state index contributed by atoms with van der Waals surface area (Å²) in [6, 6.07) is 0. The molecule has 0 rings (SSSR count). The highest BCUT2D eigenvalue weighted by Crippen LogP contribution is 2.25. The molecule has 1 nitrogen and oxygen atoms in total. The monoisotopic (exact) mass is 186 g/mol. The number of rotatable bonds is 7. The summed E-state index contributed by atoms with van der Waals surface area (Å²) in [6.07, 6.45) is 7.50. The highest BCUT2D eigenvalue weighted by molar-refractivity contribution is 4.75. The van der Waals surface area contributed by atoms with Crippen molar-refractivity contribution in [2.75, 3.05) is 0 Å². The van der Waals surface area contributed by atoms with Gasteiger partial charge in [0.05, 0.1) is 5.60 Å². The highest BCUT2D eigenvalue weighted by Gasteiger charge is 2.23. The van der Waals surface area contributed by atoms with E-state index in [0.717, 1.165) is 6.42 Å². The predicted molar refractivity (Wildman–Crippen MR) is 58.8 cm³/mol. The lowest BCUT2D eigenvalue weighted by atomic mass is 9.84. The van der Waals surface area contributed by atoms with Gasteiger partial charge in [0.2, 0.25) is 0 Å². The Morgan fingerprint density at radius 2 is 1.69 bits per heavy atom. The van der Waals surface area contributed by atoms with Crippen LogP contribution in [0.1, 0.15) is 66.2 Å². The van der Waals surface area contributed by atoms with Crippen molar-refractivity contribution < 1.29 is 5.11 Å². The first kappa shape index (κ1) is 13.0. The van der Waals surface area contributed by atoms with Gasteiger partial charge in [0, 0.05) is 0 Å². The van der Waals surface area contributed by atoms with Crippen LogP contribution in [-0.2, 0) is 0 Å². The van der Waals surface area contributed by atoms with E-state index in [1.807, 2.05) is 13.8 Å². The highest BCUT2D eigenvalue weighted by atomic mass is 16.3. The average Bonchev–Trinajstić information content (AvgIpc) is 2.02. The standard InChI is InChI=1S/C12H26O/c1-5-7-8-9-10-11(6-2)12(3,4)13/h11,13H,5-10H2,1-4H3. The fraction of sp³-hybridized carbons (Fsp3) is 1.00. The van der Waals surface area contributed by atoms with Crippen LogP contribution < -0.4 is 0 Å². The molecule has 0 bridgehead atoms. The van der Waals surface area contributed by atoms with E-state index >= 15 is 0 Å². The molecule has 13 heavy (non-hydrogen) atoms. The zero-order valence-corrected chi connectivity index (χ0v) is 9.77. The number of hydrogen-bond acceptors (Lipinski definition) is 1. The summed E-state index contributed by atoms with van der Waals surface area (Å²) in [5, 5.41) is 9.83. The van der Waals surface area contributed by atoms with Gasteiger partial charge in [-0.25, -0.2) is 0 Å². The van der Waals surface area contributed by atoms with Gasteiger partial charge in [-0.05, 0) is 26.2 Å². The molecule has 0 amide bonds. The quantitative estimate of drug-likeness (QED) is 0.600. The molecule has 0 saturated heterocycles. The van der Waals surface area contributed by atoms with Crippen LogP contribution in [0.4, 0.5) is 0 Å². The van der Waals surface area contributed by atoms with Gasteiger partial charge in [0.15, 0.2) is 0 Å². The molecule has 0 aromatic heterocycles. The van der Waals surface area contributed by atoms with Crippen LogP contribution in [0.3, 0.4) is 0 Å². The minimum absolute atomic E-state index is 0.476. The van der Waals surface area contributed by atoms with Crippen molar-refractivity contribution in [2.45, 2.75) is 71.8 Å². The van der Waals surface area contributed by atoms with Crippen molar-refractivity contribution in [3.63, 3.8) is 0 Å². The number of aliphatic hydroxyl groups is 1. The molecular formula is C12H26O. The topological polar surface area (TPSA) is 20.2 Å². The van der Waals surface area contributed by atoms with Gasteiger partial charge in [0.25, 0.3) is 0 Å². The SMILES string of the molecule is CCCCCCC(CC)C(C)(C)O. The van der Waals surface area contributed by atoms with Gasteiger partial charge < -0.3 is 5.11 Å². The molecule has 0 aromatic rings. The van der Waals surface area contributed by atoms with E-state index in [0.29, 0.717) is 5.92 Å². The Kier molecular flexibility index (Phi) is 6.40. The van der Waals surface area contributed by atoms with Crippen molar-refractivity contribution in [1.29, 1.82) is 0 Å². The maximum absolute atomic E-state index is 9.83. The van der Waals surface area contributed by atoms with Gasteiger partial charge in [-0.1, -0.05) is 46.0 Å². The Bertz CT molecular complexity index is 113. The van der Waals surface area contributed by atoms with Gasteiger partial charge in [0.1, 0.15) is 0 Å². The Balaban J connectivity index is 3.61. The molecule has 0 radical (unpaired) electrons. The summed E-state index contributed by atoms with van der Waals surface area (Å²) < 4.78 is 0. The summed E-state index contributed by atoms with van der Waals surface area (Å²) in [4.78, 5) is 0. The number of unbranched alkanes of at least 4 members (excludes halogenated alkanes) is 3. The molecule has 1 atom stereocenters. The van der Waals surface area contributed by atoms with Crippen LogP contribution in [0.5, 0.6) is 0 Å². The Morgan fingerprint density at radius 3 is 2.08 bits per heavy atom. The molecule has 0 aromatic carbocycles. The lowest BCUT2D eigenvalue weighted by Crippen LogP contribution is -2.30. The lowest BCUT2D eigenvalue weighted by Gasteiger charge is -2.28. The second-order valence-corrected chi connectivity index (χ2v) is 4.61. The van der Waals surface area contributed by atoms with Gasteiger partial charge in [-0.2, -0.15) is 0 Å². The van der Waals surface area contributed by atoms with E-state index in [2.05, 4.69) is 13.8 Å². The minimum Gasteiger partial charge on any atom is -0.390 e. The van der Waals surface area contributed by atoms with E-state index in [4.69, 9.17) is 0 Å². The smallest absolute Gasteiger partial charge is 0.0619 e. The second kappa shape index (κ2) is 6.42. The van der Waals surface area contributed by atoms with Crippen LogP contribution in [0, 0.1) is 5.92 Å². The fourth-order valence-corrected chi connectivity index (χ4v) is 1.87. The zero-order chi connectivity index (χ0) is 10.3.